The van der Waals surface area contributed by atoms with E-state index in [4.69, 9.17) is 14.2 Å². The van der Waals surface area contributed by atoms with Gasteiger partial charge in [-0.25, -0.2) is 0 Å². The molecule has 5 rings (SSSR count). The summed E-state index contributed by atoms with van der Waals surface area (Å²) in [7, 11) is 4.39. The molecule has 2 aromatic rings. The van der Waals surface area contributed by atoms with Crippen LogP contribution in [0.2, 0.25) is 0 Å². The van der Waals surface area contributed by atoms with Crippen LogP contribution in [0, 0.1) is 5.92 Å². The van der Waals surface area contributed by atoms with E-state index in [1.807, 2.05) is 0 Å². The molecule has 0 bridgehead atoms. The lowest BCUT2D eigenvalue weighted by atomic mass is 9.71. The predicted molar refractivity (Wildman–Crippen MR) is 137 cm³/mol. The highest BCUT2D eigenvalue weighted by Gasteiger charge is 2.52. The number of hydrogen-bond donors (Lipinski definition) is 0. The largest absolute Gasteiger partial charge is 0.493 e. The monoisotopic (exact) mass is 459 g/mol. The summed E-state index contributed by atoms with van der Waals surface area (Å²) < 4.78 is 19.0. The first-order chi connectivity index (χ1) is 16.6. The van der Waals surface area contributed by atoms with Crippen molar-refractivity contribution >= 4 is 11.1 Å². The van der Waals surface area contributed by atoms with Gasteiger partial charge in [-0.3, -0.25) is 4.90 Å². The van der Waals surface area contributed by atoms with Crippen molar-refractivity contribution in [1.29, 1.82) is 0 Å². The van der Waals surface area contributed by atoms with Gasteiger partial charge in [0.1, 0.15) is 5.76 Å². The Labute approximate surface area is 204 Å². The Morgan fingerprint density at radius 3 is 2.18 bits per heavy atom. The van der Waals surface area contributed by atoms with Gasteiger partial charge < -0.3 is 14.2 Å². The summed E-state index contributed by atoms with van der Waals surface area (Å²) in [5.74, 6) is 0.844. The molecule has 2 aliphatic carbocycles. The zero-order valence-corrected chi connectivity index (χ0v) is 20.8. The first kappa shape index (κ1) is 23.3. The molecule has 0 N–H and O–H groups in total. The molecule has 1 heterocycles. The van der Waals surface area contributed by atoms with Gasteiger partial charge in [0.15, 0.2) is 5.79 Å². The third kappa shape index (κ3) is 4.02. The summed E-state index contributed by atoms with van der Waals surface area (Å²) >= 11 is 0. The van der Waals surface area contributed by atoms with Crippen LogP contribution in [-0.4, -0.2) is 50.1 Å². The van der Waals surface area contributed by atoms with Crippen LogP contribution in [0.25, 0.3) is 11.1 Å². The van der Waals surface area contributed by atoms with Gasteiger partial charge in [-0.15, -0.1) is 0 Å². The highest BCUT2D eigenvalue weighted by atomic mass is 16.7. The van der Waals surface area contributed by atoms with E-state index in [0.29, 0.717) is 25.7 Å². The number of likely N-dealkylation sites (N-methyl/N-ethyl adjacent to an activating group) is 1. The van der Waals surface area contributed by atoms with Crippen LogP contribution < -0.4 is 0 Å². The molecule has 34 heavy (non-hydrogen) atoms. The lowest BCUT2D eigenvalue weighted by Gasteiger charge is -2.46. The standard InChI is InChI=1S/C30H37NO3/c1-4-32-26-22-29(31(2)3,21-25-17-11-12-18-30(25)33-19-20-34-30)28(24-15-9-6-10-16-24)27(26)23-13-7-5-8-14-23/h5-10,13-16,22,25H,4,11-12,17-21H2,1-3H3. The van der Waals surface area contributed by atoms with Crippen LogP contribution in [0.15, 0.2) is 72.5 Å². The van der Waals surface area contributed by atoms with Crippen LogP contribution in [-0.2, 0) is 14.2 Å². The maximum Gasteiger partial charge on any atom is 0.171 e. The first-order valence-corrected chi connectivity index (χ1v) is 12.8. The van der Waals surface area contributed by atoms with E-state index in [1.54, 1.807) is 0 Å². The fourth-order valence-corrected chi connectivity index (χ4v) is 6.23. The Morgan fingerprint density at radius 2 is 1.56 bits per heavy atom. The van der Waals surface area contributed by atoms with Crippen LogP contribution in [0.5, 0.6) is 0 Å². The minimum atomic E-state index is -0.446. The molecular formula is C30H37NO3. The van der Waals surface area contributed by atoms with E-state index in [2.05, 4.69) is 92.7 Å². The maximum absolute atomic E-state index is 6.35. The number of nitrogens with zero attached hydrogens (tertiary/aromatic N) is 1. The second-order valence-electron chi connectivity index (χ2n) is 9.90. The molecule has 2 unspecified atom stereocenters. The highest BCUT2D eigenvalue weighted by molar-refractivity contribution is 6.05. The molecule has 4 heteroatoms. The van der Waals surface area contributed by atoms with Gasteiger partial charge in [-0.05, 0) is 63.1 Å². The molecule has 0 aromatic heterocycles. The molecule has 2 aromatic carbocycles. The van der Waals surface area contributed by atoms with Crippen molar-refractivity contribution in [3.05, 3.63) is 83.6 Å². The molecule has 180 valence electrons. The Morgan fingerprint density at radius 1 is 0.912 bits per heavy atom. The van der Waals surface area contributed by atoms with E-state index in [-0.39, 0.29) is 5.54 Å². The molecule has 1 saturated carbocycles. The Balaban J connectivity index is 1.70. The van der Waals surface area contributed by atoms with Crippen molar-refractivity contribution in [2.75, 3.05) is 33.9 Å². The number of rotatable bonds is 7. The zero-order valence-electron chi connectivity index (χ0n) is 20.8. The molecule has 0 radical (unpaired) electrons. The average Bonchev–Trinajstić information content (AvgIpc) is 3.46. The Kier molecular flexibility index (Phi) is 6.65. The van der Waals surface area contributed by atoms with Crippen molar-refractivity contribution in [2.24, 2.45) is 5.92 Å². The quantitative estimate of drug-likeness (QED) is 0.496. The van der Waals surface area contributed by atoms with Crippen molar-refractivity contribution in [2.45, 2.75) is 50.4 Å². The summed E-state index contributed by atoms with van der Waals surface area (Å²) in [6.45, 7) is 4.09. The van der Waals surface area contributed by atoms with Crippen LogP contribution >= 0.6 is 0 Å². The van der Waals surface area contributed by atoms with Crippen molar-refractivity contribution in [3.8, 4) is 0 Å². The number of allylic oxidation sites excluding steroid dienone is 1. The van der Waals surface area contributed by atoms with Crippen LogP contribution in [0.3, 0.4) is 0 Å². The third-order valence-electron chi connectivity index (χ3n) is 7.81. The SMILES string of the molecule is CCOC1=CC(CC2CCCCC23OCCO3)(N(C)C)C(c2ccccc2)=C1c1ccccc1. The van der Waals surface area contributed by atoms with Crippen molar-refractivity contribution in [3.63, 3.8) is 0 Å². The van der Waals surface area contributed by atoms with E-state index in [0.717, 1.165) is 25.0 Å². The average molecular weight is 460 g/mol. The summed E-state index contributed by atoms with van der Waals surface area (Å²) in [4.78, 5) is 2.38. The summed E-state index contributed by atoms with van der Waals surface area (Å²) in [6, 6.07) is 21.5. The van der Waals surface area contributed by atoms with Gasteiger partial charge in [0.05, 0.1) is 25.4 Å². The van der Waals surface area contributed by atoms with Gasteiger partial charge in [-0.1, -0.05) is 67.1 Å². The van der Waals surface area contributed by atoms with E-state index < -0.39 is 5.79 Å². The van der Waals surface area contributed by atoms with Crippen molar-refractivity contribution < 1.29 is 14.2 Å². The second-order valence-corrected chi connectivity index (χ2v) is 9.90. The van der Waals surface area contributed by atoms with Crippen molar-refractivity contribution in [1.82, 2.24) is 4.90 Å². The fraction of sp³-hybridized carbons (Fsp3) is 0.467. The lowest BCUT2D eigenvalue weighted by molar-refractivity contribution is -0.216. The van der Waals surface area contributed by atoms with Gasteiger partial charge in [0.25, 0.3) is 0 Å². The van der Waals surface area contributed by atoms with E-state index >= 15 is 0 Å². The molecule has 1 aliphatic heterocycles. The maximum atomic E-state index is 6.35. The molecule has 0 amide bonds. The molecule has 3 aliphatic rings. The Hall–Kier alpha value is -2.40. The molecule has 1 spiro atoms. The molecule has 2 atom stereocenters. The number of hydrogen-bond acceptors (Lipinski definition) is 4. The third-order valence-corrected chi connectivity index (χ3v) is 7.81. The predicted octanol–water partition coefficient (Wildman–Crippen LogP) is 6.16. The second kappa shape index (κ2) is 9.69. The minimum absolute atomic E-state index is 0.319. The fourth-order valence-electron chi connectivity index (χ4n) is 6.23. The van der Waals surface area contributed by atoms with Gasteiger partial charge in [-0.2, -0.15) is 0 Å². The van der Waals surface area contributed by atoms with E-state index in [1.165, 1.54) is 35.1 Å². The van der Waals surface area contributed by atoms with Gasteiger partial charge >= 0.3 is 0 Å². The summed E-state index contributed by atoms with van der Waals surface area (Å²) in [6.07, 6.45) is 7.80. The lowest BCUT2D eigenvalue weighted by Crippen LogP contribution is -2.50. The summed E-state index contributed by atoms with van der Waals surface area (Å²) in [5, 5.41) is 0. The molecule has 2 fully saturated rings. The normalized spacial score (nSPS) is 26.4. The molecular weight excluding hydrogens is 422 g/mol. The van der Waals surface area contributed by atoms with Gasteiger partial charge in [0.2, 0.25) is 0 Å². The topological polar surface area (TPSA) is 30.9 Å². The number of benzene rings is 2. The molecule has 4 nitrogen and oxygen atoms in total. The first-order valence-electron chi connectivity index (χ1n) is 12.8. The van der Waals surface area contributed by atoms with Gasteiger partial charge in [0, 0.05) is 17.9 Å². The van der Waals surface area contributed by atoms with Crippen LogP contribution in [0.1, 0.15) is 50.2 Å². The molecule has 1 saturated heterocycles. The minimum Gasteiger partial charge on any atom is -0.493 e. The van der Waals surface area contributed by atoms with Crippen LogP contribution in [0.4, 0.5) is 0 Å². The Bertz CT molecular complexity index is 1040. The highest BCUT2D eigenvalue weighted by Crippen LogP contribution is 2.54. The number of ether oxygens (including phenoxy) is 3. The summed E-state index contributed by atoms with van der Waals surface area (Å²) in [5.41, 5.74) is 4.60. The van der Waals surface area contributed by atoms with E-state index in [9.17, 15) is 0 Å². The smallest absolute Gasteiger partial charge is 0.171 e. The zero-order chi connectivity index (χ0) is 23.6.